The fourth-order valence-corrected chi connectivity index (χ4v) is 3.43. The summed E-state index contributed by atoms with van der Waals surface area (Å²) in [4.78, 5) is 9.62. The summed E-state index contributed by atoms with van der Waals surface area (Å²) in [6.07, 6.45) is 0. The third-order valence-electron chi connectivity index (χ3n) is 5.02. The average molecular weight is 360 g/mol. The van der Waals surface area contributed by atoms with E-state index < -0.39 is 0 Å². The fraction of sp³-hybridized carbons (Fsp3) is 0.273. The van der Waals surface area contributed by atoms with Gasteiger partial charge in [0.25, 0.3) is 0 Å². The Bertz CT molecular complexity index is 1070. The van der Waals surface area contributed by atoms with E-state index in [1.165, 1.54) is 5.56 Å². The summed E-state index contributed by atoms with van der Waals surface area (Å²) >= 11 is 0. The molecule has 4 rings (SSSR count). The molecule has 3 aromatic rings. The van der Waals surface area contributed by atoms with Crippen LogP contribution in [0.4, 0.5) is 5.69 Å². The van der Waals surface area contributed by atoms with Gasteiger partial charge < -0.3 is 15.0 Å². The fourth-order valence-electron chi connectivity index (χ4n) is 3.43. The molecule has 0 fully saturated rings. The lowest BCUT2D eigenvalue weighted by atomic mass is 9.87. The van der Waals surface area contributed by atoms with E-state index in [0.29, 0.717) is 11.4 Å². The highest BCUT2D eigenvalue weighted by molar-refractivity contribution is 6.30. The molecule has 0 saturated heterocycles. The summed E-state index contributed by atoms with van der Waals surface area (Å²) in [5.41, 5.74) is 5.54. The number of aryl methyl sites for hydroxylation is 1. The minimum absolute atomic E-state index is 0.0784. The first kappa shape index (κ1) is 17.3. The van der Waals surface area contributed by atoms with Gasteiger partial charge >= 0.3 is 0 Å². The number of H-pyrrole nitrogens is 1. The number of aromatic nitrogens is 2. The van der Waals surface area contributed by atoms with Crippen molar-refractivity contribution in [2.75, 3.05) is 11.4 Å². The highest BCUT2D eigenvalue weighted by Gasteiger charge is 2.31. The van der Waals surface area contributed by atoms with Crippen LogP contribution in [-0.2, 0) is 5.41 Å². The van der Waals surface area contributed by atoms with Crippen LogP contribution in [0.15, 0.2) is 48.2 Å². The van der Waals surface area contributed by atoms with Gasteiger partial charge in [0, 0.05) is 5.69 Å². The highest BCUT2D eigenvalue weighted by Crippen LogP contribution is 2.32. The number of nitrogens with zero attached hydrogens (tertiary/aromatic N) is 2. The van der Waals surface area contributed by atoms with Gasteiger partial charge in [0.1, 0.15) is 17.4 Å². The van der Waals surface area contributed by atoms with Crippen LogP contribution >= 0.6 is 0 Å². The molecule has 0 unspecified atom stereocenters. The van der Waals surface area contributed by atoms with Gasteiger partial charge in [-0.05, 0) is 47.7 Å². The van der Waals surface area contributed by atoms with Gasteiger partial charge in [-0.2, -0.15) is 0 Å². The molecule has 2 heterocycles. The largest absolute Gasteiger partial charge is 0.509 e. The quantitative estimate of drug-likeness (QED) is 0.606. The van der Waals surface area contributed by atoms with E-state index >= 15 is 0 Å². The molecule has 5 heteroatoms. The number of aromatic amines is 1. The van der Waals surface area contributed by atoms with Crippen molar-refractivity contribution in [3.05, 3.63) is 65.2 Å². The Kier molecular flexibility index (Phi) is 3.84. The average Bonchev–Trinajstić information content (AvgIpc) is 3.14. The van der Waals surface area contributed by atoms with Gasteiger partial charge in [0.15, 0.2) is 0 Å². The second kappa shape index (κ2) is 5.98. The van der Waals surface area contributed by atoms with Crippen molar-refractivity contribution in [2.45, 2.75) is 33.1 Å². The molecule has 1 aromatic heterocycles. The standard InChI is InChI=1S/C22H24N4O/c1-13-5-10-16-17(11-13)25-21(24-16)19-18(27)12-26(20(19)23)15-8-6-14(7-9-15)22(2,3)4/h5-11,23,27H,12H2,1-4H3,(H,24,25). The second-order valence-corrected chi connectivity index (χ2v) is 8.16. The third-order valence-corrected chi connectivity index (χ3v) is 5.02. The van der Waals surface area contributed by atoms with Crippen LogP contribution in [0.3, 0.4) is 0 Å². The van der Waals surface area contributed by atoms with Gasteiger partial charge in [0.05, 0.1) is 23.2 Å². The van der Waals surface area contributed by atoms with Crippen LogP contribution in [-0.4, -0.2) is 27.5 Å². The highest BCUT2D eigenvalue weighted by atomic mass is 16.3. The predicted molar refractivity (Wildman–Crippen MR) is 111 cm³/mol. The van der Waals surface area contributed by atoms with Crippen molar-refractivity contribution in [3.8, 4) is 0 Å². The van der Waals surface area contributed by atoms with E-state index in [9.17, 15) is 5.11 Å². The Morgan fingerprint density at radius 2 is 1.81 bits per heavy atom. The predicted octanol–water partition coefficient (Wildman–Crippen LogP) is 4.94. The number of fused-ring (bicyclic) bond motifs is 1. The molecule has 27 heavy (non-hydrogen) atoms. The number of nitrogens with one attached hydrogen (secondary N) is 2. The molecule has 2 aromatic carbocycles. The second-order valence-electron chi connectivity index (χ2n) is 8.16. The third kappa shape index (κ3) is 2.99. The molecule has 0 spiro atoms. The topological polar surface area (TPSA) is 76.0 Å². The number of benzene rings is 2. The van der Waals surface area contributed by atoms with E-state index in [-0.39, 0.29) is 23.6 Å². The van der Waals surface area contributed by atoms with Crippen LogP contribution in [0.5, 0.6) is 0 Å². The first-order valence-corrected chi connectivity index (χ1v) is 9.10. The zero-order chi connectivity index (χ0) is 19.3. The van der Waals surface area contributed by atoms with E-state index in [2.05, 4.69) is 42.9 Å². The lowest BCUT2D eigenvalue weighted by molar-refractivity contribution is 0.411. The molecule has 138 valence electrons. The lowest BCUT2D eigenvalue weighted by Gasteiger charge is -2.22. The molecule has 1 aliphatic rings. The molecule has 0 saturated carbocycles. The number of rotatable bonds is 2. The maximum absolute atomic E-state index is 10.5. The Morgan fingerprint density at radius 1 is 1.11 bits per heavy atom. The molecule has 3 N–H and O–H groups in total. The van der Waals surface area contributed by atoms with E-state index in [4.69, 9.17) is 5.41 Å². The normalized spacial score (nSPS) is 15.3. The summed E-state index contributed by atoms with van der Waals surface area (Å²) in [6, 6.07) is 14.2. The summed E-state index contributed by atoms with van der Waals surface area (Å²) in [5, 5.41) is 19.2. The number of imidazole rings is 1. The number of aliphatic hydroxyl groups excluding tert-OH is 1. The van der Waals surface area contributed by atoms with E-state index in [0.717, 1.165) is 22.3 Å². The van der Waals surface area contributed by atoms with Crippen LogP contribution in [0.1, 0.15) is 37.7 Å². The van der Waals surface area contributed by atoms with Crippen LogP contribution in [0.25, 0.3) is 16.6 Å². The van der Waals surface area contributed by atoms with Crippen LogP contribution in [0, 0.1) is 12.3 Å². The molecular weight excluding hydrogens is 336 g/mol. The maximum atomic E-state index is 10.5. The first-order valence-electron chi connectivity index (χ1n) is 9.10. The monoisotopic (exact) mass is 360 g/mol. The van der Waals surface area contributed by atoms with Crippen molar-refractivity contribution in [3.63, 3.8) is 0 Å². The summed E-state index contributed by atoms with van der Waals surface area (Å²) in [6.45, 7) is 8.83. The number of aliphatic hydroxyl groups is 1. The van der Waals surface area contributed by atoms with Crippen LogP contribution < -0.4 is 4.90 Å². The molecule has 0 amide bonds. The molecule has 0 radical (unpaired) electrons. The molecule has 5 nitrogen and oxygen atoms in total. The number of hydrogen-bond donors (Lipinski definition) is 3. The Balaban J connectivity index is 1.66. The minimum atomic E-state index is 0.0784. The van der Waals surface area contributed by atoms with Crippen molar-refractivity contribution in [2.24, 2.45) is 0 Å². The maximum Gasteiger partial charge on any atom is 0.145 e. The summed E-state index contributed by atoms with van der Waals surface area (Å²) in [5.74, 6) is 0.953. The lowest BCUT2D eigenvalue weighted by Crippen LogP contribution is -2.26. The minimum Gasteiger partial charge on any atom is -0.509 e. The SMILES string of the molecule is Cc1ccc2nc(C3=C(O)CN(c4ccc(C(C)(C)C)cc4)C3=N)[nH]c2c1. The van der Waals surface area contributed by atoms with Crippen molar-refractivity contribution in [1.29, 1.82) is 5.41 Å². The van der Waals surface area contributed by atoms with Gasteiger partial charge in [-0.15, -0.1) is 0 Å². The number of amidine groups is 1. The van der Waals surface area contributed by atoms with Gasteiger partial charge in [-0.1, -0.05) is 39.0 Å². The first-order chi connectivity index (χ1) is 12.7. The molecular formula is C22H24N4O. The molecule has 1 aliphatic heterocycles. The summed E-state index contributed by atoms with van der Waals surface area (Å²) in [7, 11) is 0. The van der Waals surface area contributed by atoms with Gasteiger partial charge in [-0.3, -0.25) is 5.41 Å². The Labute approximate surface area is 158 Å². The van der Waals surface area contributed by atoms with Gasteiger partial charge in [-0.25, -0.2) is 4.98 Å². The zero-order valence-corrected chi connectivity index (χ0v) is 16.1. The Hall–Kier alpha value is -3.08. The number of hydrogen-bond acceptors (Lipinski definition) is 3. The van der Waals surface area contributed by atoms with Crippen molar-refractivity contribution in [1.82, 2.24) is 9.97 Å². The number of anilines is 1. The molecule has 0 atom stereocenters. The Morgan fingerprint density at radius 3 is 2.48 bits per heavy atom. The zero-order valence-electron chi connectivity index (χ0n) is 16.1. The summed E-state index contributed by atoms with van der Waals surface area (Å²) < 4.78 is 0. The molecule has 0 bridgehead atoms. The van der Waals surface area contributed by atoms with E-state index in [1.807, 2.05) is 37.3 Å². The molecule has 0 aliphatic carbocycles. The smallest absolute Gasteiger partial charge is 0.145 e. The van der Waals surface area contributed by atoms with Crippen molar-refractivity contribution >= 4 is 28.1 Å². The van der Waals surface area contributed by atoms with Crippen LogP contribution in [0.2, 0.25) is 0 Å². The van der Waals surface area contributed by atoms with Gasteiger partial charge in [0.2, 0.25) is 0 Å². The van der Waals surface area contributed by atoms with Crippen molar-refractivity contribution < 1.29 is 5.11 Å². The van der Waals surface area contributed by atoms with E-state index in [1.54, 1.807) is 4.90 Å².